The van der Waals surface area contributed by atoms with Crippen molar-refractivity contribution in [3.63, 3.8) is 0 Å². The lowest BCUT2D eigenvalue weighted by Gasteiger charge is -1.85. The molecule has 0 aliphatic rings. The Morgan fingerprint density at radius 1 is 1.62 bits per heavy atom. The van der Waals surface area contributed by atoms with E-state index in [1.807, 2.05) is 0 Å². The molecule has 0 heterocycles. The van der Waals surface area contributed by atoms with Crippen molar-refractivity contribution in [1.82, 2.24) is 0 Å². The van der Waals surface area contributed by atoms with Gasteiger partial charge in [-0.2, -0.15) is 8.42 Å². The van der Waals surface area contributed by atoms with Crippen LogP contribution in [0, 0.1) is 0 Å². The van der Waals surface area contributed by atoms with E-state index in [2.05, 4.69) is 4.18 Å². The summed E-state index contributed by atoms with van der Waals surface area (Å²) >= 11 is 0. The van der Waals surface area contributed by atoms with Crippen molar-refractivity contribution in [1.29, 1.82) is 0 Å². The van der Waals surface area contributed by atoms with E-state index in [1.54, 1.807) is 0 Å². The van der Waals surface area contributed by atoms with Crippen LogP contribution in [0.3, 0.4) is 0 Å². The minimum Gasteiger partial charge on any atom is -0.367 e. The molecule has 0 aliphatic heterocycles. The average molecular weight is 140 g/mol. The molecule has 0 aromatic rings. The molecule has 0 radical (unpaired) electrons. The van der Waals surface area contributed by atoms with Gasteiger partial charge in [0, 0.05) is 0 Å². The first kappa shape index (κ1) is 7.42. The van der Waals surface area contributed by atoms with Gasteiger partial charge in [0.05, 0.1) is 0 Å². The Hall–Kier alpha value is -0.580. The maximum atomic E-state index is 11.3. The first-order valence-electron chi connectivity index (χ1n) is 1.80. The van der Waals surface area contributed by atoms with Crippen molar-refractivity contribution in [2.24, 2.45) is 0 Å². The lowest BCUT2D eigenvalue weighted by molar-refractivity contribution is 0.401. The molecule has 0 aromatic heterocycles. The second-order valence-corrected chi connectivity index (χ2v) is 1.94. The predicted octanol–water partition coefficient (Wildman–Crippen LogP) is 0.751. The molecule has 0 saturated carbocycles. The number of hydrogen-bond acceptors (Lipinski definition) is 3. The third-order valence-electron chi connectivity index (χ3n) is 0.307. The molecular weight excluding hydrogens is 135 g/mol. The maximum Gasteiger partial charge on any atom is 0.488 e. The topological polar surface area (TPSA) is 43.4 Å². The van der Waals surface area contributed by atoms with Crippen LogP contribution >= 0.6 is 0 Å². The molecule has 48 valence electrons. The Morgan fingerprint density at radius 3 is 2.25 bits per heavy atom. The van der Waals surface area contributed by atoms with Crippen LogP contribution in [-0.4, -0.2) is 8.42 Å². The third kappa shape index (κ3) is 5.42. The molecule has 0 unspecified atom stereocenters. The van der Waals surface area contributed by atoms with Crippen LogP contribution in [-0.2, 0) is 14.7 Å². The van der Waals surface area contributed by atoms with Crippen LogP contribution in [0.4, 0.5) is 3.89 Å². The van der Waals surface area contributed by atoms with Gasteiger partial charge in [-0.25, -0.2) is 0 Å². The normalized spacial score (nSPS) is 12.2. The van der Waals surface area contributed by atoms with Crippen molar-refractivity contribution >= 4 is 10.5 Å². The lowest BCUT2D eigenvalue weighted by Crippen LogP contribution is -1.89. The Balaban J connectivity index is 3.76. The molecule has 0 fully saturated rings. The van der Waals surface area contributed by atoms with Crippen molar-refractivity contribution in [2.45, 2.75) is 6.92 Å². The first-order chi connectivity index (χ1) is 3.56. The fourth-order valence-corrected chi connectivity index (χ4v) is 0.366. The Bertz CT molecular complexity index is 169. The molecule has 0 aliphatic carbocycles. The van der Waals surface area contributed by atoms with E-state index in [4.69, 9.17) is 0 Å². The van der Waals surface area contributed by atoms with Crippen molar-refractivity contribution in [3.05, 3.63) is 12.3 Å². The molecule has 0 bridgehead atoms. The zero-order valence-electron chi connectivity index (χ0n) is 4.17. The summed E-state index contributed by atoms with van der Waals surface area (Å²) < 4.78 is 33.7. The third-order valence-corrected chi connectivity index (χ3v) is 0.648. The number of allylic oxidation sites excluding steroid dienone is 1. The smallest absolute Gasteiger partial charge is 0.367 e. The van der Waals surface area contributed by atoms with Gasteiger partial charge in [0.2, 0.25) is 0 Å². The molecule has 0 aromatic carbocycles. The standard InChI is InChI=1S/C3H5FO3S/c1-2-3-7-8(4,5)6/h2-3H,1H3/b3-2+. The summed E-state index contributed by atoms with van der Waals surface area (Å²) in [6, 6.07) is 0. The van der Waals surface area contributed by atoms with Crippen molar-refractivity contribution in [2.75, 3.05) is 0 Å². The molecule has 0 spiro atoms. The highest BCUT2D eigenvalue weighted by molar-refractivity contribution is 7.81. The summed E-state index contributed by atoms with van der Waals surface area (Å²) in [6.07, 6.45) is 2.01. The maximum absolute atomic E-state index is 11.3. The van der Waals surface area contributed by atoms with Crippen LogP contribution in [0.25, 0.3) is 0 Å². The number of hydrogen-bond donors (Lipinski definition) is 0. The minimum absolute atomic E-state index is 0.745. The quantitative estimate of drug-likeness (QED) is 0.420. The predicted molar refractivity (Wildman–Crippen MR) is 25.9 cm³/mol. The highest BCUT2D eigenvalue weighted by atomic mass is 32.3. The van der Waals surface area contributed by atoms with Gasteiger partial charge < -0.3 is 4.18 Å². The van der Waals surface area contributed by atoms with Crippen molar-refractivity contribution in [3.8, 4) is 0 Å². The van der Waals surface area contributed by atoms with Gasteiger partial charge in [-0.05, 0) is 6.92 Å². The van der Waals surface area contributed by atoms with Crippen molar-refractivity contribution < 1.29 is 16.5 Å². The Morgan fingerprint density at radius 2 is 2.12 bits per heavy atom. The monoisotopic (exact) mass is 140 g/mol. The van der Waals surface area contributed by atoms with Gasteiger partial charge in [0.25, 0.3) is 0 Å². The zero-order valence-corrected chi connectivity index (χ0v) is 4.98. The van der Waals surface area contributed by atoms with Crippen LogP contribution in [0.1, 0.15) is 6.92 Å². The van der Waals surface area contributed by atoms with Gasteiger partial charge >= 0.3 is 10.5 Å². The average Bonchev–Trinajstić information content (AvgIpc) is 1.59. The summed E-state index contributed by atoms with van der Waals surface area (Å²) in [6.45, 7) is 1.51. The first-order valence-corrected chi connectivity index (χ1v) is 3.11. The van der Waals surface area contributed by atoms with E-state index >= 15 is 0 Å². The highest BCUT2D eigenvalue weighted by Crippen LogP contribution is 1.92. The van der Waals surface area contributed by atoms with E-state index in [0.717, 1.165) is 6.26 Å². The number of rotatable bonds is 2. The van der Waals surface area contributed by atoms with E-state index in [9.17, 15) is 12.3 Å². The van der Waals surface area contributed by atoms with Gasteiger partial charge in [-0.15, -0.1) is 0 Å². The zero-order chi connectivity index (χ0) is 6.62. The molecule has 0 rings (SSSR count). The summed E-state index contributed by atoms with van der Waals surface area (Å²) in [5, 5.41) is 0. The van der Waals surface area contributed by atoms with Crippen LogP contribution < -0.4 is 0 Å². The van der Waals surface area contributed by atoms with Gasteiger partial charge in [0.1, 0.15) is 6.26 Å². The van der Waals surface area contributed by atoms with Gasteiger partial charge in [-0.3, -0.25) is 0 Å². The molecule has 0 N–H and O–H groups in total. The highest BCUT2D eigenvalue weighted by Gasteiger charge is 2.01. The molecule has 0 saturated heterocycles. The van der Waals surface area contributed by atoms with Crippen LogP contribution in [0.2, 0.25) is 0 Å². The summed E-state index contributed by atoms with van der Waals surface area (Å²) in [5.41, 5.74) is 0. The fourth-order valence-electron chi connectivity index (χ4n) is 0.122. The van der Waals surface area contributed by atoms with Gasteiger partial charge in [-0.1, -0.05) is 9.96 Å². The second kappa shape index (κ2) is 2.66. The largest absolute Gasteiger partial charge is 0.488 e. The molecular formula is C3H5FO3S. The second-order valence-electron chi connectivity index (χ2n) is 0.959. The molecule has 3 nitrogen and oxygen atoms in total. The van der Waals surface area contributed by atoms with E-state index < -0.39 is 10.5 Å². The summed E-state index contributed by atoms with van der Waals surface area (Å²) in [7, 11) is -4.77. The lowest BCUT2D eigenvalue weighted by atomic mass is 10.8. The summed E-state index contributed by atoms with van der Waals surface area (Å²) in [5.74, 6) is 0. The molecule has 0 amide bonds. The van der Waals surface area contributed by atoms with Gasteiger partial charge in [0.15, 0.2) is 0 Å². The molecule has 0 atom stereocenters. The van der Waals surface area contributed by atoms with Crippen LogP contribution in [0.15, 0.2) is 12.3 Å². The Labute approximate surface area is 47.2 Å². The van der Waals surface area contributed by atoms with Crippen LogP contribution in [0.5, 0.6) is 0 Å². The SMILES string of the molecule is C/C=C/OS(=O)(=O)F. The molecule has 8 heavy (non-hydrogen) atoms. The van der Waals surface area contributed by atoms with E-state index in [0.29, 0.717) is 0 Å². The van der Waals surface area contributed by atoms with E-state index in [1.165, 1.54) is 13.0 Å². The summed E-state index contributed by atoms with van der Waals surface area (Å²) in [4.78, 5) is 0. The van der Waals surface area contributed by atoms with E-state index in [-0.39, 0.29) is 0 Å². The molecule has 5 heteroatoms. The number of halogens is 1. The fraction of sp³-hybridized carbons (Fsp3) is 0.333. The minimum atomic E-state index is -4.77. The Kier molecular flexibility index (Phi) is 2.47.